The van der Waals surface area contributed by atoms with Crippen molar-refractivity contribution in [1.82, 2.24) is 24.8 Å². The number of halogens is 1. The van der Waals surface area contributed by atoms with E-state index in [-0.39, 0.29) is 102 Å². The molecule has 14 N–H and O–H groups in total. The van der Waals surface area contributed by atoms with Crippen LogP contribution in [0.25, 0.3) is 0 Å². The molecular weight excluding hydrogens is 1040 g/mol. The van der Waals surface area contributed by atoms with Gasteiger partial charge in [0.2, 0.25) is 5.78 Å². The zero-order valence-corrected chi connectivity index (χ0v) is 45.1. The zero-order valence-electron chi connectivity index (χ0n) is 44.3. The molecule has 4 rings (SSSR count). The van der Waals surface area contributed by atoms with Crippen LogP contribution in [0.1, 0.15) is 132 Å². The molecule has 0 fully saturated rings. The number of anilines is 4. The second-order valence-corrected chi connectivity index (χ2v) is 15.1. The van der Waals surface area contributed by atoms with Crippen LogP contribution in [0, 0.1) is 33.1 Å². The van der Waals surface area contributed by atoms with Crippen molar-refractivity contribution < 1.29 is 82.2 Å². The summed E-state index contributed by atoms with van der Waals surface area (Å²) in [6.07, 6.45) is -0.466. The van der Waals surface area contributed by atoms with Crippen LogP contribution >= 0.6 is 12.4 Å². The third kappa shape index (κ3) is 28.6. The molecule has 0 spiro atoms. The number of amidine groups is 1. The van der Waals surface area contributed by atoms with Crippen molar-refractivity contribution >= 4 is 101 Å². The molecule has 0 aliphatic heterocycles. The Balaban J connectivity index is -0.000000863. The van der Waals surface area contributed by atoms with Gasteiger partial charge in [-0.05, 0) is 98.7 Å². The van der Waals surface area contributed by atoms with Crippen molar-refractivity contribution in [1.29, 1.82) is 5.41 Å². The summed E-state index contributed by atoms with van der Waals surface area (Å²) in [5.41, 5.74) is 29.0. The number of amides is 1. The lowest BCUT2D eigenvalue weighted by Gasteiger charge is -2.11. The highest BCUT2D eigenvalue weighted by molar-refractivity contribution is 6.37. The summed E-state index contributed by atoms with van der Waals surface area (Å²) in [7, 11) is 3.41. The maximum Gasteiger partial charge on any atom is 0.375 e. The molecule has 0 radical (unpaired) electrons. The molecule has 0 bridgehead atoms. The van der Waals surface area contributed by atoms with Gasteiger partial charge in [-0.1, -0.05) is 0 Å². The molecule has 0 unspecified atom stereocenters. The van der Waals surface area contributed by atoms with Crippen LogP contribution in [0.4, 0.5) is 23.3 Å². The summed E-state index contributed by atoms with van der Waals surface area (Å²) in [6, 6.07) is 8.73. The lowest BCUT2D eigenvalue weighted by Crippen LogP contribution is -2.22. The number of esters is 4. The first kappa shape index (κ1) is 71.9. The van der Waals surface area contributed by atoms with Crippen molar-refractivity contribution in [3.8, 4) is 0 Å². The first-order valence-corrected chi connectivity index (χ1v) is 22.2. The largest absolute Gasteiger partial charge is 0.478 e. The zero-order chi connectivity index (χ0) is 59.2. The van der Waals surface area contributed by atoms with E-state index in [1.165, 1.54) is 43.0 Å². The van der Waals surface area contributed by atoms with Gasteiger partial charge in [-0.3, -0.25) is 24.6 Å². The second-order valence-electron chi connectivity index (χ2n) is 15.1. The summed E-state index contributed by atoms with van der Waals surface area (Å²) < 4.78 is 18.6. The van der Waals surface area contributed by atoms with Crippen molar-refractivity contribution in [3.63, 3.8) is 0 Å². The van der Waals surface area contributed by atoms with E-state index in [1.807, 2.05) is 6.92 Å². The van der Waals surface area contributed by atoms with E-state index in [1.54, 1.807) is 67.8 Å². The number of nitrogen functional groups attached to an aromatic ring is 4. The van der Waals surface area contributed by atoms with Gasteiger partial charge in [0.25, 0.3) is 5.91 Å². The average Bonchev–Trinajstić information content (AvgIpc) is 3.28. The number of Topliss-reactive ketones (excluding diaryl/α,β-unsaturated/α-hetero) is 2. The van der Waals surface area contributed by atoms with Gasteiger partial charge in [0.1, 0.15) is 52.4 Å². The number of carboxylic acid groups (broad SMARTS) is 3. The lowest BCUT2D eigenvalue weighted by atomic mass is 10.1. The highest BCUT2D eigenvalue weighted by Crippen LogP contribution is 2.20. The minimum atomic E-state index is -1.40. The standard InChI is InChI=1S/C12H16N2O4.C9H13N3O.C8H8N2O4.C7H8N2O2.C7H10O4.C5H10N2O2.ClH/c1-4-17-11(15)8-6-7(3)14-10(13)9(8)12(16)18-5-2;1-6-4-7(5-8(10)11-6)9(13)12(2)3;1-3-2-4(7(11)12)5(8(13)14)6(9)10-3;1-4-2-5(7(10)11)3-6(8)9-4;1-3-11-7(10)6(9)4-5(2)8;1-2-9-5(8)3-4(6)7;/h6H,4-5H2,1-3H3,(H2,13,14);4-5H,1-3H3,(H2,10,11);2H,1H3,(H2,9,10)(H,11,12)(H,13,14);2-3H,1H3,(H2,8,9)(H,10,11);3-4H2,1-2H3;2-3H2,1H3,(H3,6,7);1H. The SMILES string of the molecule is CCOC(=O)C(=O)CC(C)=O.CCOC(=O)CC(=N)N.CCOC(=O)c1cc(C)nc(N)c1C(=O)OCC.Cc1cc(C(=O)N(C)C)cc(N)n1.Cc1cc(C(=O)O)c(C(=O)O)c(N)n1.Cc1cc(C(=O)O)cc(N)n1.Cl. The summed E-state index contributed by atoms with van der Waals surface area (Å²) in [5, 5.41) is 32.7. The van der Waals surface area contributed by atoms with E-state index >= 15 is 0 Å². The Morgan fingerprint density at radius 3 is 1.35 bits per heavy atom. The Hall–Kier alpha value is -9.34. The fourth-order valence-corrected chi connectivity index (χ4v) is 5.35. The first-order valence-electron chi connectivity index (χ1n) is 22.2. The number of hydrogen-bond acceptors (Lipinski definition) is 23. The molecule has 0 aromatic carbocycles. The van der Waals surface area contributed by atoms with Crippen molar-refractivity contribution in [3.05, 3.63) is 92.6 Å². The number of hydrogen-bond donors (Lipinski definition) is 9. The molecule has 4 aromatic heterocycles. The third-order valence-electron chi connectivity index (χ3n) is 8.17. The third-order valence-corrected chi connectivity index (χ3v) is 8.17. The van der Waals surface area contributed by atoms with E-state index in [4.69, 9.17) is 58.9 Å². The fourth-order valence-electron chi connectivity index (χ4n) is 5.35. The fraction of sp³-hybridized carbons (Fsp3) is 0.354. The quantitative estimate of drug-likeness (QED) is 0.0205. The molecular formula is C48H66ClN11O17. The number of ketones is 2. The molecule has 29 heteroatoms. The number of carbonyl (C=O) groups is 10. The summed E-state index contributed by atoms with van der Waals surface area (Å²) in [6.45, 7) is 15.5. The summed E-state index contributed by atoms with van der Waals surface area (Å²) >= 11 is 0. The lowest BCUT2D eigenvalue weighted by molar-refractivity contribution is -0.154. The van der Waals surface area contributed by atoms with Gasteiger partial charge in [0, 0.05) is 42.4 Å². The number of nitrogens with zero attached hydrogens (tertiary/aromatic N) is 5. The van der Waals surface area contributed by atoms with Crippen LogP contribution in [0.2, 0.25) is 0 Å². The number of rotatable bonds is 15. The van der Waals surface area contributed by atoms with Crippen molar-refractivity contribution in [2.45, 2.75) is 75.2 Å². The average molecular weight is 1100 g/mol. The maximum atomic E-state index is 11.8. The molecule has 1 amide bonds. The Morgan fingerprint density at radius 1 is 0.545 bits per heavy atom. The first-order chi connectivity index (χ1) is 35.3. The van der Waals surface area contributed by atoms with E-state index in [2.05, 4.69) is 29.4 Å². The smallest absolute Gasteiger partial charge is 0.375 e. The number of aromatic carboxylic acids is 3. The number of nitrogens with one attached hydrogen (secondary N) is 1. The van der Waals surface area contributed by atoms with Crippen LogP contribution in [0.5, 0.6) is 0 Å². The van der Waals surface area contributed by atoms with Gasteiger partial charge < -0.3 is 67.8 Å². The normalized spacial score (nSPS) is 9.39. The predicted octanol–water partition coefficient (Wildman–Crippen LogP) is 3.43. The number of ether oxygens (including phenoxy) is 4. The predicted molar refractivity (Wildman–Crippen MR) is 282 cm³/mol. The second kappa shape index (κ2) is 36.6. The highest BCUT2D eigenvalue weighted by Gasteiger charge is 2.24. The maximum absolute atomic E-state index is 11.8. The van der Waals surface area contributed by atoms with Gasteiger partial charge in [0.15, 0.2) is 0 Å². The topological polar surface area (TPSA) is 477 Å². The Kier molecular flexibility index (Phi) is 34.1. The van der Waals surface area contributed by atoms with E-state index in [0.717, 1.165) is 5.69 Å². The van der Waals surface area contributed by atoms with Gasteiger partial charge in [-0.2, -0.15) is 0 Å². The molecule has 4 heterocycles. The number of pyridine rings is 4. The van der Waals surface area contributed by atoms with Crippen molar-refractivity contribution in [2.75, 3.05) is 63.5 Å². The summed E-state index contributed by atoms with van der Waals surface area (Å²) in [4.78, 5) is 126. The van der Waals surface area contributed by atoms with Crippen LogP contribution < -0.4 is 28.7 Å². The molecule has 77 heavy (non-hydrogen) atoms. The summed E-state index contributed by atoms with van der Waals surface area (Å²) in [5.74, 6) is -7.39. The van der Waals surface area contributed by atoms with E-state index < -0.39 is 53.1 Å². The van der Waals surface area contributed by atoms with Gasteiger partial charge in [-0.25, -0.2) is 48.7 Å². The van der Waals surface area contributed by atoms with Crippen LogP contribution in [0.3, 0.4) is 0 Å². The molecule has 0 atom stereocenters. The molecule has 0 saturated heterocycles. The van der Waals surface area contributed by atoms with Gasteiger partial charge in [-0.15, -0.1) is 12.4 Å². The van der Waals surface area contributed by atoms with Crippen molar-refractivity contribution in [2.24, 2.45) is 5.73 Å². The molecule has 0 aliphatic rings. The van der Waals surface area contributed by atoms with Crippen LogP contribution in [-0.4, -0.2) is 146 Å². The molecule has 422 valence electrons. The van der Waals surface area contributed by atoms with Crippen LogP contribution in [-0.2, 0) is 38.1 Å². The molecule has 28 nitrogen and oxygen atoms in total. The Morgan fingerprint density at radius 2 is 0.961 bits per heavy atom. The Bertz CT molecular complexity index is 2710. The molecule has 0 saturated carbocycles. The van der Waals surface area contributed by atoms with Crippen LogP contribution in [0.15, 0.2) is 36.4 Å². The number of nitrogens with two attached hydrogens (primary N) is 5. The monoisotopic (exact) mass is 1100 g/mol. The molecule has 4 aromatic rings. The Labute approximate surface area is 448 Å². The molecule has 0 aliphatic carbocycles. The minimum Gasteiger partial charge on any atom is -0.478 e. The van der Waals surface area contributed by atoms with E-state index in [0.29, 0.717) is 35.1 Å². The number of carboxylic acids is 3. The number of aromatic nitrogens is 4. The number of aryl methyl sites for hydroxylation is 4. The van der Waals surface area contributed by atoms with Gasteiger partial charge in [0.05, 0.1) is 49.5 Å². The van der Waals surface area contributed by atoms with E-state index in [9.17, 15) is 47.9 Å². The van der Waals surface area contributed by atoms with Gasteiger partial charge >= 0.3 is 41.8 Å². The minimum absolute atomic E-state index is 0. The highest BCUT2D eigenvalue weighted by atomic mass is 35.5. The number of carbonyl (C=O) groups excluding carboxylic acids is 7.